The van der Waals surface area contributed by atoms with Gasteiger partial charge in [0.25, 0.3) is 0 Å². The summed E-state index contributed by atoms with van der Waals surface area (Å²) in [6.07, 6.45) is 7.30. The van der Waals surface area contributed by atoms with Crippen LogP contribution in [-0.4, -0.2) is 75.2 Å². The molecule has 0 aromatic rings. The van der Waals surface area contributed by atoms with Gasteiger partial charge in [-0.25, -0.2) is 34.1 Å². The van der Waals surface area contributed by atoms with Crippen LogP contribution in [0.25, 0.3) is 0 Å². The van der Waals surface area contributed by atoms with Crippen LogP contribution in [0.2, 0.25) is 0 Å². The van der Waals surface area contributed by atoms with E-state index in [0.717, 1.165) is 18.9 Å². The number of carbonyl (C=O) groups excluding carboxylic acids is 3. The van der Waals surface area contributed by atoms with Gasteiger partial charge in [0.05, 0.1) is 6.61 Å². The minimum absolute atomic E-state index is 0.0270. The van der Waals surface area contributed by atoms with Gasteiger partial charge in [0.15, 0.2) is 5.78 Å². The minimum atomic E-state index is -0.753. The van der Waals surface area contributed by atoms with Gasteiger partial charge in [0.2, 0.25) is 6.40 Å². The fourth-order valence-corrected chi connectivity index (χ4v) is 4.61. The van der Waals surface area contributed by atoms with Crippen LogP contribution in [0.4, 0.5) is 4.79 Å². The molecule has 0 spiro atoms. The predicted molar refractivity (Wildman–Crippen MR) is 150 cm³/mol. The first-order valence-corrected chi connectivity index (χ1v) is 13.9. The molecule has 2 aliphatic carbocycles. The molecular formula is C29H42N2O11. The number of alkyl carbamates (subject to hydrolysis) is 1. The van der Waals surface area contributed by atoms with Crippen molar-refractivity contribution >= 4 is 24.2 Å². The molecule has 0 bridgehead atoms. The van der Waals surface area contributed by atoms with Gasteiger partial charge < -0.3 is 19.7 Å². The van der Waals surface area contributed by atoms with Crippen LogP contribution in [0.5, 0.6) is 0 Å². The van der Waals surface area contributed by atoms with Crippen molar-refractivity contribution in [2.75, 3.05) is 26.5 Å². The van der Waals surface area contributed by atoms with E-state index in [2.05, 4.69) is 36.6 Å². The van der Waals surface area contributed by atoms with Crippen molar-refractivity contribution in [2.45, 2.75) is 69.4 Å². The van der Waals surface area contributed by atoms with Crippen molar-refractivity contribution in [1.29, 1.82) is 0 Å². The Kier molecular flexibility index (Phi) is 17.0. The average molecular weight is 595 g/mol. The number of nitrogens with zero attached hydrogens (tertiary/aromatic N) is 1. The van der Waals surface area contributed by atoms with Gasteiger partial charge in [-0.15, -0.1) is 13.2 Å². The van der Waals surface area contributed by atoms with E-state index in [1.807, 2.05) is 0 Å². The summed E-state index contributed by atoms with van der Waals surface area (Å²) in [4.78, 5) is 71.2. The van der Waals surface area contributed by atoms with Gasteiger partial charge >= 0.3 is 12.1 Å². The summed E-state index contributed by atoms with van der Waals surface area (Å²) in [7, 11) is 0. The van der Waals surface area contributed by atoms with Crippen molar-refractivity contribution in [1.82, 2.24) is 5.32 Å². The minimum Gasteiger partial charge on any atom is -0.455 e. The molecule has 0 aromatic heterocycles. The molecular weight excluding hydrogens is 552 g/mol. The third-order valence-corrected chi connectivity index (χ3v) is 6.65. The number of allylic oxidation sites excluding steroid dienone is 1. The van der Waals surface area contributed by atoms with Crippen LogP contribution in [-0.2, 0) is 48.4 Å². The topological polar surface area (TPSA) is 149 Å². The van der Waals surface area contributed by atoms with Crippen molar-refractivity contribution in [3.05, 3.63) is 50.6 Å². The highest BCUT2D eigenvalue weighted by atomic mass is 17.2. The number of hydrogen-bond donors (Lipinski definition) is 1. The Hall–Kier alpha value is -3.36. The molecule has 13 nitrogen and oxygen atoms in total. The van der Waals surface area contributed by atoms with Crippen molar-refractivity contribution in [2.24, 2.45) is 16.8 Å². The molecule has 1 amide bonds. The Bertz CT molecular complexity index is 925. The first-order valence-electron chi connectivity index (χ1n) is 13.9. The van der Waals surface area contributed by atoms with Gasteiger partial charge in [0.1, 0.15) is 44.3 Å². The SMILES string of the molecule is C=CCOOCC1CCC(OC(=O)C=C)C(OC(=O)NC/N=C/OOC2CC(CC(=O)C=C)CCC2OOCC=C)C1. The number of esters is 1. The van der Waals surface area contributed by atoms with Crippen LogP contribution in [0.1, 0.15) is 44.9 Å². The second-order valence-electron chi connectivity index (χ2n) is 9.78. The molecule has 6 atom stereocenters. The maximum atomic E-state index is 12.4. The summed E-state index contributed by atoms with van der Waals surface area (Å²) in [6.45, 7) is 14.6. The Balaban J connectivity index is 1.81. The Morgan fingerprint density at radius 1 is 0.762 bits per heavy atom. The number of aliphatic imine (C=N–C) groups is 1. The van der Waals surface area contributed by atoms with Crippen LogP contribution in [0.15, 0.2) is 55.6 Å². The van der Waals surface area contributed by atoms with Gasteiger partial charge in [-0.2, -0.15) is 4.89 Å². The summed E-state index contributed by atoms with van der Waals surface area (Å²) in [5.41, 5.74) is 0. The van der Waals surface area contributed by atoms with Crippen molar-refractivity contribution in [3.8, 4) is 0 Å². The molecule has 2 fully saturated rings. The Morgan fingerprint density at radius 3 is 2.21 bits per heavy atom. The van der Waals surface area contributed by atoms with E-state index in [0.29, 0.717) is 38.5 Å². The van der Waals surface area contributed by atoms with Crippen LogP contribution in [0.3, 0.4) is 0 Å². The van der Waals surface area contributed by atoms with Crippen LogP contribution < -0.4 is 5.32 Å². The smallest absolute Gasteiger partial charge is 0.409 e. The third-order valence-electron chi connectivity index (χ3n) is 6.65. The fraction of sp³-hybridized carbons (Fsp3) is 0.586. The highest BCUT2D eigenvalue weighted by Crippen LogP contribution is 2.32. The van der Waals surface area contributed by atoms with Gasteiger partial charge in [0, 0.05) is 12.5 Å². The number of rotatable bonds is 20. The van der Waals surface area contributed by atoms with Gasteiger partial charge in [-0.1, -0.05) is 25.3 Å². The first-order chi connectivity index (χ1) is 20.4. The number of nitrogens with one attached hydrogen (secondary N) is 1. The van der Waals surface area contributed by atoms with E-state index >= 15 is 0 Å². The van der Waals surface area contributed by atoms with Crippen LogP contribution in [0, 0.1) is 11.8 Å². The second-order valence-corrected chi connectivity index (χ2v) is 9.78. The average Bonchev–Trinajstić information content (AvgIpc) is 2.99. The molecule has 1 N–H and O–H groups in total. The van der Waals surface area contributed by atoms with Crippen LogP contribution >= 0.6 is 0 Å². The number of hydrogen-bond acceptors (Lipinski definition) is 12. The molecule has 42 heavy (non-hydrogen) atoms. The van der Waals surface area contributed by atoms with Gasteiger partial charge in [-0.3, -0.25) is 4.79 Å². The lowest BCUT2D eigenvalue weighted by molar-refractivity contribution is -0.372. The maximum Gasteiger partial charge on any atom is 0.409 e. The van der Waals surface area contributed by atoms with E-state index < -0.39 is 36.5 Å². The Morgan fingerprint density at radius 2 is 1.48 bits per heavy atom. The first kappa shape index (κ1) is 34.8. The maximum absolute atomic E-state index is 12.4. The highest BCUT2D eigenvalue weighted by Gasteiger charge is 2.36. The normalized spacial score (nSPS) is 25.6. The van der Waals surface area contributed by atoms with Gasteiger partial charge in [-0.05, 0) is 56.4 Å². The lowest BCUT2D eigenvalue weighted by atomic mass is 9.82. The molecule has 6 unspecified atom stereocenters. The largest absolute Gasteiger partial charge is 0.455 e. The molecule has 2 rings (SSSR count). The zero-order valence-electron chi connectivity index (χ0n) is 23.9. The third kappa shape index (κ3) is 13.5. The Labute approximate surface area is 246 Å². The summed E-state index contributed by atoms with van der Waals surface area (Å²) in [6, 6.07) is 0. The molecule has 0 aromatic carbocycles. The summed E-state index contributed by atoms with van der Waals surface area (Å²) in [5, 5.41) is 2.49. The number of amides is 1. The second kappa shape index (κ2) is 20.5. The summed E-state index contributed by atoms with van der Waals surface area (Å²) in [5.74, 6) is -0.534. The monoisotopic (exact) mass is 594 g/mol. The molecule has 0 saturated heterocycles. The standard InChI is InChI=1S/C29H42N2O11/c1-5-13-35-37-18-22-10-11-24(39-28(33)8-4)26(17-22)40-29(34)31-19-30-20-38-42-27-16-21(15-23(32)7-3)9-12-25(27)41-36-14-6-2/h5-8,20-22,24-27H,1-4,9-19H2,(H,31,34)/b30-20+. The number of ether oxygens (including phenoxy) is 2. The lowest BCUT2D eigenvalue weighted by Crippen LogP contribution is -2.43. The molecule has 13 heteroatoms. The molecule has 2 aliphatic rings. The van der Waals surface area contributed by atoms with E-state index in [1.54, 1.807) is 12.2 Å². The zero-order chi connectivity index (χ0) is 30.6. The quantitative estimate of drug-likeness (QED) is 0.0320. The summed E-state index contributed by atoms with van der Waals surface area (Å²) < 4.78 is 10.9. The van der Waals surface area contributed by atoms with Crippen molar-refractivity contribution in [3.63, 3.8) is 0 Å². The summed E-state index contributed by atoms with van der Waals surface area (Å²) >= 11 is 0. The molecule has 0 radical (unpaired) electrons. The van der Waals surface area contributed by atoms with E-state index in [1.165, 1.54) is 6.08 Å². The van der Waals surface area contributed by atoms with E-state index in [9.17, 15) is 14.4 Å². The number of carbonyl (C=O) groups is 3. The fourth-order valence-electron chi connectivity index (χ4n) is 4.61. The molecule has 234 valence electrons. The highest BCUT2D eigenvalue weighted by molar-refractivity contribution is 5.89. The molecule has 0 aliphatic heterocycles. The molecule has 0 heterocycles. The number of ketones is 1. The lowest BCUT2D eigenvalue weighted by Gasteiger charge is -2.34. The molecule has 2 saturated carbocycles. The zero-order valence-corrected chi connectivity index (χ0v) is 23.9. The van der Waals surface area contributed by atoms with E-state index in [4.69, 9.17) is 38.8 Å². The predicted octanol–water partition coefficient (Wildman–Crippen LogP) is 3.86. The van der Waals surface area contributed by atoms with Crippen molar-refractivity contribution < 1.29 is 53.2 Å². The van der Waals surface area contributed by atoms with E-state index in [-0.39, 0.29) is 44.1 Å².